The van der Waals surface area contributed by atoms with Crippen molar-refractivity contribution in [2.24, 2.45) is 0 Å². The van der Waals surface area contributed by atoms with Crippen LogP contribution in [-0.4, -0.2) is 0 Å². The number of benzene rings is 3. The summed E-state index contributed by atoms with van der Waals surface area (Å²) in [6, 6.07) is 8.04. The van der Waals surface area contributed by atoms with Gasteiger partial charge in [-0.2, -0.15) is 5.26 Å². The maximum atomic E-state index is 14.6. The van der Waals surface area contributed by atoms with Crippen LogP contribution in [0.5, 0.6) is 0 Å². The van der Waals surface area contributed by atoms with Gasteiger partial charge in [0.05, 0.1) is 10.5 Å². The number of nitriles is 1. The Labute approximate surface area is 193 Å². The summed E-state index contributed by atoms with van der Waals surface area (Å²) in [5, 5.41) is 10.2. The molecule has 0 aliphatic rings. The molecule has 0 saturated heterocycles. The minimum absolute atomic E-state index is 0.0555. The van der Waals surface area contributed by atoms with Crippen LogP contribution in [0.25, 0.3) is 11.1 Å². The summed E-state index contributed by atoms with van der Waals surface area (Å²) in [6.45, 7) is 2.04. The minimum atomic E-state index is -0.982. The van der Waals surface area contributed by atoms with Crippen molar-refractivity contribution in [2.45, 2.75) is 37.5 Å². The lowest BCUT2D eigenvalue weighted by Crippen LogP contribution is -1.95. The average molecular weight is 471 g/mol. The van der Waals surface area contributed by atoms with Crippen LogP contribution in [0.4, 0.5) is 22.0 Å². The first-order chi connectivity index (χ1) is 15.8. The number of thioether (sulfide) groups is 1. The second-order valence-corrected chi connectivity index (χ2v) is 8.09. The zero-order valence-electron chi connectivity index (χ0n) is 17.6. The molecular weight excluding hydrogens is 453 g/mol. The molecule has 0 atom stereocenters. The summed E-state index contributed by atoms with van der Waals surface area (Å²) >= 11 is 0.334. The minimum Gasteiger partial charge on any atom is -0.206 e. The molecule has 0 spiro atoms. The highest BCUT2D eigenvalue weighted by atomic mass is 32.2. The molecule has 7 heteroatoms. The second kappa shape index (κ2) is 11.0. The summed E-state index contributed by atoms with van der Waals surface area (Å²) in [6.07, 6.45) is 3.37. The van der Waals surface area contributed by atoms with E-state index in [1.54, 1.807) is 5.40 Å². The largest absolute Gasteiger partial charge is 0.206 e. The lowest BCUT2D eigenvalue weighted by atomic mass is 10.0. The summed E-state index contributed by atoms with van der Waals surface area (Å²) < 4.78 is 71.4. The summed E-state index contributed by atoms with van der Waals surface area (Å²) in [5.41, 5.74) is 0.145. The Balaban J connectivity index is 1.86. The number of nitrogens with zero attached hydrogens (tertiary/aromatic N) is 1. The molecular formula is C26H18F5NS. The van der Waals surface area contributed by atoms with Crippen molar-refractivity contribution < 1.29 is 22.0 Å². The standard InChI is InChI=1S/C26H18F5NS/c1-2-3-4-5-17-11-22(28)20(23(29)12-17)9-7-16-6-8-19(21(27)10-16)18-13-24(30)26(33-15-32)25(31)14-18/h6,8,10-14H,2-5H2,1H3. The molecule has 1 nitrogen and oxygen atoms in total. The predicted molar refractivity (Wildman–Crippen MR) is 119 cm³/mol. The van der Waals surface area contributed by atoms with E-state index in [1.807, 2.05) is 6.92 Å². The van der Waals surface area contributed by atoms with Crippen LogP contribution in [0.2, 0.25) is 0 Å². The van der Waals surface area contributed by atoms with E-state index in [-0.39, 0.29) is 16.7 Å². The zero-order valence-corrected chi connectivity index (χ0v) is 18.4. The van der Waals surface area contributed by atoms with Crippen LogP contribution < -0.4 is 0 Å². The quantitative estimate of drug-likeness (QED) is 0.121. The fraction of sp³-hybridized carbons (Fsp3) is 0.192. The molecule has 168 valence electrons. The van der Waals surface area contributed by atoms with Crippen molar-refractivity contribution in [3.63, 3.8) is 0 Å². The van der Waals surface area contributed by atoms with Crippen molar-refractivity contribution in [1.29, 1.82) is 5.26 Å². The van der Waals surface area contributed by atoms with Crippen LogP contribution >= 0.6 is 11.8 Å². The highest BCUT2D eigenvalue weighted by Crippen LogP contribution is 2.31. The highest BCUT2D eigenvalue weighted by molar-refractivity contribution is 8.03. The number of hydrogen-bond donors (Lipinski definition) is 0. The fourth-order valence-electron chi connectivity index (χ4n) is 3.29. The first kappa shape index (κ1) is 24.4. The zero-order chi connectivity index (χ0) is 24.0. The topological polar surface area (TPSA) is 23.8 Å². The SMILES string of the molecule is CCCCCc1cc(F)c(C#Cc2ccc(-c3cc(F)c(SC#N)c(F)c3)c(F)c2)c(F)c1. The van der Waals surface area contributed by atoms with E-state index in [0.29, 0.717) is 23.7 Å². The first-order valence-corrected chi connectivity index (χ1v) is 11.0. The van der Waals surface area contributed by atoms with E-state index in [2.05, 4.69) is 11.8 Å². The molecule has 0 saturated carbocycles. The molecule has 0 aliphatic carbocycles. The van der Waals surface area contributed by atoms with Crippen LogP contribution in [0.3, 0.4) is 0 Å². The predicted octanol–water partition coefficient (Wildman–Crippen LogP) is 7.75. The van der Waals surface area contributed by atoms with Gasteiger partial charge in [-0.15, -0.1) is 0 Å². The molecule has 0 amide bonds. The second-order valence-electron chi connectivity index (χ2n) is 7.30. The lowest BCUT2D eigenvalue weighted by Gasteiger charge is -2.07. The van der Waals surface area contributed by atoms with Crippen LogP contribution in [0.15, 0.2) is 47.4 Å². The average Bonchev–Trinajstić information content (AvgIpc) is 2.76. The van der Waals surface area contributed by atoms with Gasteiger partial charge in [-0.1, -0.05) is 37.7 Å². The van der Waals surface area contributed by atoms with Gasteiger partial charge in [0.2, 0.25) is 0 Å². The normalized spacial score (nSPS) is 10.5. The van der Waals surface area contributed by atoms with E-state index in [4.69, 9.17) is 5.26 Å². The van der Waals surface area contributed by atoms with E-state index in [9.17, 15) is 22.0 Å². The van der Waals surface area contributed by atoms with E-state index >= 15 is 0 Å². The van der Waals surface area contributed by atoms with Gasteiger partial charge in [0, 0.05) is 11.1 Å². The monoisotopic (exact) mass is 471 g/mol. The Morgan fingerprint density at radius 3 is 2.03 bits per heavy atom. The van der Waals surface area contributed by atoms with E-state index < -0.39 is 39.5 Å². The Morgan fingerprint density at radius 2 is 1.45 bits per heavy atom. The maximum Gasteiger partial charge on any atom is 0.142 e. The third kappa shape index (κ3) is 5.94. The molecule has 0 bridgehead atoms. The van der Waals surface area contributed by atoms with Crippen molar-refractivity contribution >= 4 is 11.8 Å². The van der Waals surface area contributed by atoms with Crippen LogP contribution in [0, 0.1) is 51.6 Å². The van der Waals surface area contributed by atoms with Crippen molar-refractivity contribution in [3.8, 4) is 28.4 Å². The number of thiocyanates is 1. The molecule has 0 unspecified atom stereocenters. The molecule has 33 heavy (non-hydrogen) atoms. The highest BCUT2D eigenvalue weighted by Gasteiger charge is 2.15. The Bertz CT molecular complexity index is 1240. The van der Waals surface area contributed by atoms with Crippen molar-refractivity contribution in [2.75, 3.05) is 0 Å². The van der Waals surface area contributed by atoms with Crippen molar-refractivity contribution in [1.82, 2.24) is 0 Å². The van der Waals surface area contributed by atoms with Gasteiger partial charge in [-0.05, 0) is 72.1 Å². The Morgan fingerprint density at radius 1 is 0.788 bits per heavy atom. The maximum absolute atomic E-state index is 14.6. The fourth-order valence-corrected chi connectivity index (χ4v) is 3.69. The molecule has 0 heterocycles. The van der Waals surface area contributed by atoms with Crippen LogP contribution in [0.1, 0.15) is 42.9 Å². The molecule has 0 N–H and O–H groups in total. The molecule has 0 aromatic heterocycles. The number of aryl methyl sites for hydroxylation is 1. The summed E-state index contributed by atoms with van der Waals surface area (Å²) in [4.78, 5) is -0.468. The number of halogens is 5. The van der Waals surface area contributed by atoms with Gasteiger partial charge >= 0.3 is 0 Å². The van der Waals surface area contributed by atoms with Crippen LogP contribution in [-0.2, 0) is 6.42 Å². The molecule has 3 aromatic rings. The number of rotatable bonds is 6. The van der Waals surface area contributed by atoms with Crippen molar-refractivity contribution in [3.05, 3.63) is 88.2 Å². The smallest absolute Gasteiger partial charge is 0.142 e. The third-order valence-corrected chi connectivity index (χ3v) is 5.61. The van der Waals surface area contributed by atoms with Gasteiger partial charge < -0.3 is 0 Å². The van der Waals surface area contributed by atoms with Gasteiger partial charge in [0.15, 0.2) is 0 Å². The summed E-state index contributed by atoms with van der Waals surface area (Å²) in [5.74, 6) is 0.577. The molecule has 0 aliphatic heterocycles. The third-order valence-electron chi connectivity index (χ3n) is 4.93. The lowest BCUT2D eigenvalue weighted by molar-refractivity contribution is 0.541. The molecule has 3 aromatic carbocycles. The Hall–Kier alpha value is -3.29. The first-order valence-electron chi connectivity index (χ1n) is 10.2. The van der Waals surface area contributed by atoms with E-state index in [1.165, 1.54) is 24.3 Å². The molecule has 0 radical (unpaired) electrons. The number of unbranched alkanes of at least 4 members (excludes halogenated alkanes) is 2. The van der Waals surface area contributed by atoms with Gasteiger partial charge in [0.1, 0.15) is 34.5 Å². The Kier molecular flexibility index (Phi) is 8.14. The molecule has 3 rings (SSSR count). The van der Waals surface area contributed by atoms with Gasteiger partial charge in [0.25, 0.3) is 0 Å². The van der Waals surface area contributed by atoms with E-state index in [0.717, 1.165) is 37.5 Å². The number of hydrogen-bond acceptors (Lipinski definition) is 2. The summed E-state index contributed by atoms with van der Waals surface area (Å²) in [7, 11) is 0. The van der Waals surface area contributed by atoms with Gasteiger partial charge in [-0.25, -0.2) is 22.0 Å². The van der Waals surface area contributed by atoms with Gasteiger partial charge in [-0.3, -0.25) is 0 Å². The molecule has 0 fully saturated rings.